The minimum atomic E-state index is -0.358. The number of hydrogen-bond acceptors (Lipinski definition) is 4. The van der Waals surface area contributed by atoms with Crippen LogP contribution in [0.1, 0.15) is 16.7 Å². The summed E-state index contributed by atoms with van der Waals surface area (Å²) in [4.78, 5) is 31.7. The summed E-state index contributed by atoms with van der Waals surface area (Å²) in [7, 11) is 3.17. The Labute approximate surface area is 145 Å². The molecule has 0 spiro atoms. The zero-order chi connectivity index (χ0) is 17.7. The van der Waals surface area contributed by atoms with Crippen LogP contribution in [0.5, 0.6) is 0 Å². The number of rotatable bonds is 1. The summed E-state index contributed by atoms with van der Waals surface area (Å²) in [5.74, 6) is 0. The molecule has 0 amide bonds. The molecule has 6 heteroatoms. The molecule has 0 fully saturated rings. The summed E-state index contributed by atoms with van der Waals surface area (Å²) in [6.07, 6.45) is 2.68. The van der Waals surface area contributed by atoms with Gasteiger partial charge in [-0.25, -0.2) is 9.78 Å². The Kier molecular flexibility index (Phi) is 3.49. The molecule has 0 aliphatic carbocycles. The Balaban J connectivity index is 1.98. The van der Waals surface area contributed by atoms with E-state index >= 15 is 0 Å². The molecular formula is C19H20N4O2. The Morgan fingerprint density at radius 1 is 1.04 bits per heavy atom. The van der Waals surface area contributed by atoms with E-state index < -0.39 is 0 Å². The van der Waals surface area contributed by atoms with Crippen molar-refractivity contribution < 1.29 is 0 Å². The molecule has 0 atom stereocenters. The highest BCUT2D eigenvalue weighted by atomic mass is 16.2. The standard InChI is InChI=1S/C19H20N4O2/c1-12-10-20-17-15(18(24)22(3)19(25)21(17)2)16(12)23-9-8-13-6-4-5-7-14(13)11-23/h4-7,10H,8-9,11H2,1-3H3. The molecular weight excluding hydrogens is 316 g/mol. The molecule has 0 saturated carbocycles. The van der Waals surface area contributed by atoms with Gasteiger partial charge in [-0.2, -0.15) is 0 Å². The number of aromatic nitrogens is 3. The summed E-state index contributed by atoms with van der Waals surface area (Å²) in [6.45, 7) is 3.55. The van der Waals surface area contributed by atoms with Crippen molar-refractivity contribution in [3.63, 3.8) is 0 Å². The SMILES string of the molecule is Cc1cnc2c(c1N1CCc3ccccc3C1)c(=O)n(C)c(=O)n2C. The Morgan fingerprint density at radius 2 is 1.76 bits per heavy atom. The molecule has 0 N–H and O–H groups in total. The Morgan fingerprint density at radius 3 is 2.52 bits per heavy atom. The summed E-state index contributed by atoms with van der Waals surface area (Å²) in [5, 5.41) is 0.518. The zero-order valence-corrected chi connectivity index (χ0v) is 14.6. The van der Waals surface area contributed by atoms with E-state index in [4.69, 9.17) is 0 Å². The Bertz CT molecular complexity index is 1110. The first kappa shape index (κ1) is 15.6. The van der Waals surface area contributed by atoms with Gasteiger partial charge in [0.05, 0.1) is 5.69 Å². The number of fused-ring (bicyclic) bond motifs is 2. The van der Waals surface area contributed by atoms with Crippen LogP contribution in [-0.2, 0) is 27.1 Å². The molecule has 6 nitrogen and oxygen atoms in total. The van der Waals surface area contributed by atoms with Gasteiger partial charge in [0, 0.05) is 33.4 Å². The average Bonchev–Trinajstić information content (AvgIpc) is 2.64. The van der Waals surface area contributed by atoms with Crippen LogP contribution >= 0.6 is 0 Å². The van der Waals surface area contributed by atoms with Crippen molar-refractivity contribution in [1.82, 2.24) is 14.1 Å². The van der Waals surface area contributed by atoms with Gasteiger partial charge >= 0.3 is 5.69 Å². The first-order chi connectivity index (χ1) is 12.0. The Hall–Kier alpha value is -2.89. The molecule has 0 bridgehead atoms. The van der Waals surface area contributed by atoms with Crippen LogP contribution in [0.3, 0.4) is 0 Å². The van der Waals surface area contributed by atoms with Crippen LogP contribution in [0.25, 0.3) is 11.0 Å². The van der Waals surface area contributed by atoms with Crippen molar-refractivity contribution in [2.24, 2.45) is 14.1 Å². The van der Waals surface area contributed by atoms with E-state index in [1.165, 1.54) is 22.7 Å². The second-order valence-electron chi connectivity index (χ2n) is 6.63. The lowest BCUT2D eigenvalue weighted by Gasteiger charge is -2.32. The van der Waals surface area contributed by atoms with Gasteiger partial charge in [0.1, 0.15) is 5.39 Å². The van der Waals surface area contributed by atoms with Crippen molar-refractivity contribution in [1.29, 1.82) is 0 Å². The predicted molar refractivity (Wildman–Crippen MR) is 98.2 cm³/mol. The van der Waals surface area contributed by atoms with Crippen LogP contribution in [-0.4, -0.2) is 20.7 Å². The maximum absolute atomic E-state index is 12.8. The van der Waals surface area contributed by atoms with Gasteiger partial charge in [0.15, 0.2) is 5.65 Å². The predicted octanol–water partition coefficient (Wildman–Crippen LogP) is 1.50. The quantitative estimate of drug-likeness (QED) is 0.676. The lowest BCUT2D eigenvalue weighted by Crippen LogP contribution is -2.39. The summed E-state index contributed by atoms with van der Waals surface area (Å²) >= 11 is 0. The van der Waals surface area contributed by atoms with E-state index in [0.29, 0.717) is 11.0 Å². The topological polar surface area (TPSA) is 60.1 Å². The molecule has 0 saturated heterocycles. The first-order valence-electron chi connectivity index (χ1n) is 8.36. The van der Waals surface area contributed by atoms with Crippen LogP contribution in [0.15, 0.2) is 40.1 Å². The van der Waals surface area contributed by atoms with E-state index in [-0.39, 0.29) is 11.2 Å². The molecule has 1 aliphatic rings. The van der Waals surface area contributed by atoms with Crippen LogP contribution in [0, 0.1) is 6.92 Å². The molecule has 1 aliphatic heterocycles. The molecule has 0 radical (unpaired) electrons. The van der Waals surface area contributed by atoms with E-state index in [0.717, 1.165) is 35.3 Å². The molecule has 3 heterocycles. The van der Waals surface area contributed by atoms with Crippen molar-refractivity contribution in [3.8, 4) is 0 Å². The normalized spacial score (nSPS) is 14.0. The van der Waals surface area contributed by atoms with Crippen molar-refractivity contribution in [2.75, 3.05) is 11.4 Å². The lowest BCUT2D eigenvalue weighted by molar-refractivity contribution is 0.701. The van der Waals surface area contributed by atoms with Gasteiger partial charge in [-0.3, -0.25) is 13.9 Å². The van der Waals surface area contributed by atoms with Gasteiger partial charge in [0.2, 0.25) is 0 Å². The average molecular weight is 336 g/mol. The minimum absolute atomic E-state index is 0.289. The third-order valence-electron chi connectivity index (χ3n) is 5.07. The van der Waals surface area contributed by atoms with Crippen molar-refractivity contribution in [3.05, 3.63) is 68.0 Å². The van der Waals surface area contributed by atoms with Gasteiger partial charge in [-0.15, -0.1) is 0 Å². The molecule has 25 heavy (non-hydrogen) atoms. The molecule has 0 unspecified atom stereocenters. The second-order valence-corrected chi connectivity index (χ2v) is 6.63. The monoisotopic (exact) mass is 336 g/mol. The third kappa shape index (κ3) is 2.28. The lowest BCUT2D eigenvalue weighted by atomic mass is 9.98. The minimum Gasteiger partial charge on any atom is -0.366 e. The van der Waals surface area contributed by atoms with Crippen molar-refractivity contribution in [2.45, 2.75) is 19.9 Å². The van der Waals surface area contributed by atoms with Crippen LogP contribution in [0.2, 0.25) is 0 Å². The fourth-order valence-electron chi connectivity index (χ4n) is 3.70. The highest BCUT2D eigenvalue weighted by Gasteiger charge is 2.23. The second kappa shape index (κ2) is 5.58. The largest absolute Gasteiger partial charge is 0.366 e. The maximum atomic E-state index is 12.8. The molecule has 2 aromatic heterocycles. The summed E-state index contributed by atoms with van der Waals surface area (Å²) in [5.41, 5.74) is 4.26. The number of anilines is 1. The van der Waals surface area contributed by atoms with E-state index in [9.17, 15) is 9.59 Å². The number of hydrogen-bond donors (Lipinski definition) is 0. The van der Waals surface area contributed by atoms with Crippen LogP contribution in [0.4, 0.5) is 5.69 Å². The van der Waals surface area contributed by atoms with Gasteiger partial charge in [0.25, 0.3) is 5.56 Å². The van der Waals surface area contributed by atoms with Gasteiger partial charge < -0.3 is 4.90 Å². The highest BCUT2D eigenvalue weighted by Crippen LogP contribution is 2.30. The van der Waals surface area contributed by atoms with Gasteiger partial charge in [-0.1, -0.05) is 24.3 Å². The third-order valence-corrected chi connectivity index (χ3v) is 5.07. The van der Waals surface area contributed by atoms with Crippen molar-refractivity contribution >= 4 is 16.7 Å². The highest BCUT2D eigenvalue weighted by molar-refractivity contribution is 5.90. The molecule has 128 valence electrons. The smallest absolute Gasteiger partial charge is 0.332 e. The van der Waals surface area contributed by atoms with E-state index in [1.807, 2.05) is 13.0 Å². The molecule has 4 rings (SSSR count). The number of aryl methyl sites for hydroxylation is 2. The van der Waals surface area contributed by atoms with E-state index in [2.05, 4.69) is 28.1 Å². The summed E-state index contributed by atoms with van der Waals surface area (Å²) < 4.78 is 2.60. The summed E-state index contributed by atoms with van der Waals surface area (Å²) in [6, 6.07) is 8.40. The first-order valence-corrected chi connectivity index (χ1v) is 8.36. The number of nitrogens with zero attached hydrogens (tertiary/aromatic N) is 4. The fraction of sp³-hybridized carbons (Fsp3) is 0.316. The fourth-order valence-corrected chi connectivity index (χ4v) is 3.70. The zero-order valence-electron chi connectivity index (χ0n) is 14.6. The number of pyridine rings is 1. The van der Waals surface area contributed by atoms with E-state index in [1.54, 1.807) is 13.2 Å². The molecule has 3 aromatic rings. The maximum Gasteiger partial charge on any atom is 0.332 e. The van der Waals surface area contributed by atoms with Crippen LogP contribution < -0.4 is 16.1 Å². The number of benzene rings is 1. The molecule has 1 aromatic carbocycles. The van der Waals surface area contributed by atoms with Gasteiger partial charge in [-0.05, 0) is 30.0 Å².